The number of nitroso groups, excluding NO2 is 1. The third kappa shape index (κ3) is 1.04. The number of hydrogen-bond donors (Lipinski definition) is 1. The average Bonchev–Trinajstić information content (AvgIpc) is 2.14. The van der Waals surface area contributed by atoms with Crippen molar-refractivity contribution in [3.05, 3.63) is 4.91 Å². The molecule has 0 aromatic heterocycles. The minimum absolute atomic E-state index is 0.0324. The lowest BCUT2D eigenvalue weighted by molar-refractivity contribution is 0.656. The van der Waals surface area contributed by atoms with Crippen molar-refractivity contribution in [2.75, 3.05) is 6.54 Å². The zero-order valence-electron chi connectivity index (χ0n) is 4.92. The Kier molecular flexibility index (Phi) is 1.58. The molecule has 1 fully saturated rings. The van der Waals surface area contributed by atoms with E-state index in [4.69, 9.17) is 0 Å². The van der Waals surface area contributed by atoms with Gasteiger partial charge < -0.3 is 5.32 Å². The first-order valence-corrected chi connectivity index (χ1v) is 2.89. The van der Waals surface area contributed by atoms with Crippen LogP contribution in [0.15, 0.2) is 5.18 Å². The maximum absolute atomic E-state index is 9.86. The molecule has 2 atom stereocenters. The second-order valence-electron chi connectivity index (χ2n) is 2.30. The Morgan fingerprint density at radius 2 is 2.50 bits per heavy atom. The van der Waals surface area contributed by atoms with Crippen LogP contribution >= 0.6 is 0 Å². The summed E-state index contributed by atoms with van der Waals surface area (Å²) in [5.41, 5.74) is 0. The molecular formula is C5H10N2O. The third-order valence-corrected chi connectivity index (χ3v) is 1.48. The van der Waals surface area contributed by atoms with Gasteiger partial charge in [0.1, 0.15) is 6.04 Å². The maximum atomic E-state index is 9.86. The van der Waals surface area contributed by atoms with Gasteiger partial charge in [-0.1, -0.05) is 5.18 Å². The monoisotopic (exact) mass is 114 g/mol. The van der Waals surface area contributed by atoms with E-state index >= 15 is 0 Å². The highest BCUT2D eigenvalue weighted by molar-refractivity contribution is 4.82. The van der Waals surface area contributed by atoms with Crippen molar-refractivity contribution >= 4 is 0 Å². The summed E-state index contributed by atoms with van der Waals surface area (Å²) < 4.78 is 0. The molecule has 3 nitrogen and oxygen atoms in total. The quantitative estimate of drug-likeness (QED) is 0.504. The van der Waals surface area contributed by atoms with Gasteiger partial charge in [0, 0.05) is 12.6 Å². The highest BCUT2D eigenvalue weighted by Gasteiger charge is 2.20. The summed E-state index contributed by atoms with van der Waals surface area (Å²) in [4.78, 5) is 9.86. The van der Waals surface area contributed by atoms with Crippen LogP contribution in [0.1, 0.15) is 13.3 Å². The molecule has 1 aliphatic rings. The van der Waals surface area contributed by atoms with E-state index < -0.39 is 0 Å². The molecule has 0 amide bonds. The van der Waals surface area contributed by atoms with Crippen LogP contribution < -0.4 is 5.32 Å². The average molecular weight is 114 g/mol. The molecule has 0 aromatic carbocycles. The first kappa shape index (κ1) is 5.69. The summed E-state index contributed by atoms with van der Waals surface area (Å²) in [5.74, 6) is 0. The largest absolute Gasteiger partial charge is 0.312 e. The first-order valence-electron chi connectivity index (χ1n) is 2.89. The van der Waals surface area contributed by atoms with Crippen LogP contribution in [0, 0.1) is 4.91 Å². The molecule has 1 heterocycles. The van der Waals surface area contributed by atoms with Crippen LogP contribution in [-0.4, -0.2) is 18.6 Å². The van der Waals surface area contributed by atoms with Crippen molar-refractivity contribution in [3.63, 3.8) is 0 Å². The lowest BCUT2D eigenvalue weighted by Crippen LogP contribution is -2.17. The highest BCUT2D eigenvalue weighted by Crippen LogP contribution is 2.07. The van der Waals surface area contributed by atoms with Gasteiger partial charge in [-0.15, -0.1) is 0 Å². The molecule has 1 rings (SSSR count). The van der Waals surface area contributed by atoms with Gasteiger partial charge in [0.15, 0.2) is 0 Å². The summed E-state index contributed by atoms with van der Waals surface area (Å²) in [5, 5.41) is 6.05. The fourth-order valence-electron chi connectivity index (χ4n) is 0.992. The van der Waals surface area contributed by atoms with E-state index in [-0.39, 0.29) is 6.04 Å². The van der Waals surface area contributed by atoms with E-state index in [0.717, 1.165) is 13.0 Å². The molecule has 0 spiro atoms. The molecule has 0 radical (unpaired) electrons. The molecule has 1 unspecified atom stereocenters. The molecule has 8 heavy (non-hydrogen) atoms. The zero-order valence-corrected chi connectivity index (χ0v) is 4.92. The van der Waals surface area contributed by atoms with Crippen molar-refractivity contribution in [2.24, 2.45) is 5.18 Å². The molecule has 1 saturated heterocycles. The van der Waals surface area contributed by atoms with Gasteiger partial charge in [-0.05, 0) is 13.3 Å². The summed E-state index contributed by atoms with van der Waals surface area (Å²) in [6.45, 7) is 2.83. The van der Waals surface area contributed by atoms with Crippen molar-refractivity contribution in [1.82, 2.24) is 5.32 Å². The minimum atomic E-state index is 0.0324. The lowest BCUT2D eigenvalue weighted by Gasteiger charge is -1.95. The van der Waals surface area contributed by atoms with E-state index in [2.05, 4.69) is 17.4 Å². The van der Waals surface area contributed by atoms with Crippen molar-refractivity contribution < 1.29 is 0 Å². The van der Waals surface area contributed by atoms with Gasteiger partial charge in [0.2, 0.25) is 0 Å². The van der Waals surface area contributed by atoms with Crippen LogP contribution in [0.3, 0.4) is 0 Å². The maximum Gasteiger partial charge on any atom is 0.106 e. The number of rotatable bonds is 1. The molecule has 0 aliphatic carbocycles. The highest BCUT2D eigenvalue weighted by atomic mass is 16.3. The van der Waals surface area contributed by atoms with Gasteiger partial charge in [0.25, 0.3) is 0 Å². The van der Waals surface area contributed by atoms with Gasteiger partial charge in [-0.2, -0.15) is 4.91 Å². The fourth-order valence-corrected chi connectivity index (χ4v) is 0.992. The topological polar surface area (TPSA) is 41.5 Å². The first-order chi connectivity index (χ1) is 3.83. The van der Waals surface area contributed by atoms with Crippen molar-refractivity contribution in [2.45, 2.75) is 25.4 Å². The number of nitrogens with zero attached hydrogens (tertiary/aromatic N) is 1. The lowest BCUT2D eigenvalue weighted by atomic mass is 10.2. The smallest absolute Gasteiger partial charge is 0.106 e. The van der Waals surface area contributed by atoms with Gasteiger partial charge in [-0.25, -0.2) is 0 Å². The van der Waals surface area contributed by atoms with Crippen molar-refractivity contribution in [1.29, 1.82) is 0 Å². The van der Waals surface area contributed by atoms with E-state index in [1.54, 1.807) is 0 Å². The van der Waals surface area contributed by atoms with Gasteiger partial charge >= 0.3 is 0 Å². The Morgan fingerprint density at radius 1 is 1.75 bits per heavy atom. The standard InChI is InChI=1S/C5H10N2O/c1-4-2-5(7-8)3-6-4/h4-6H,2-3H2,1H3/t4-,5?/m1/s1. The number of hydrogen-bond acceptors (Lipinski definition) is 3. The molecular weight excluding hydrogens is 104 g/mol. The molecule has 3 heteroatoms. The Hall–Kier alpha value is -0.440. The second-order valence-corrected chi connectivity index (χ2v) is 2.30. The van der Waals surface area contributed by atoms with E-state index in [1.807, 2.05) is 0 Å². The van der Waals surface area contributed by atoms with E-state index in [1.165, 1.54) is 0 Å². The summed E-state index contributed by atoms with van der Waals surface area (Å²) >= 11 is 0. The molecule has 46 valence electrons. The van der Waals surface area contributed by atoms with E-state index in [9.17, 15) is 4.91 Å². The summed E-state index contributed by atoms with van der Waals surface area (Å²) in [7, 11) is 0. The fraction of sp³-hybridized carbons (Fsp3) is 1.00. The molecule has 0 bridgehead atoms. The van der Waals surface area contributed by atoms with E-state index in [0.29, 0.717) is 6.04 Å². The predicted octanol–water partition coefficient (Wildman–Crippen LogP) is 0.503. The normalized spacial score (nSPS) is 37.6. The van der Waals surface area contributed by atoms with Crippen LogP contribution in [0.2, 0.25) is 0 Å². The SMILES string of the molecule is C[C@@H]1CC(N=O)CN1. The predicted molar refractivity (Wildman–Crippen MR) is 31.7 cm³/mol. The Labute approximate surface area is 48.4 Å². The Morgan fingerprint density at radius 3 is 2.75 bits per heavy atom. The third-order valence-electron chi connectivity index (χ3n) is 1.48. The van der Waals surface area contributed by atoms with Crippen LogP contribution in [0.5, 0.6) is 0 Å². The summed E-state index contributed by atoms with van der Waals surface area (Å²) in [6.07, 6.45) is 0.906. The second kappa shape index (κ2) is 2.22. The summed E-state index contributed by atoms with van der Waals surface area (Å²) in [6, 6.07) is 0.516. The van der Waals surface area contributed by atoms with Gasteiger partial charge in [0.05, 0.1) is 0 Å². The van der Waals surface area contributed by atoms with Gasteiger partial charge in [-0.3, -0.25) is 0 Å². The van der Waals surface area contributed by atoms with Crippen LogP contribution in [0.4, 0.5) is 0 Å². The Balaban J connectivity index is 2.32. The minimum Gasteiger partial charge on any atom is -0.312 e. The number of nitrogens with one attached hydrogen (secondary N) is 1. The molecule has 0 saturated carbocycles. The van der Waals surface area contributed by atoms with Crippen LogP contribution in [0.25, 0.3) is 0 Å². The molecule has 1 aliphatic heterocycles. The molecule has 0 aromatic rings. The zero-order chi connectivity index (χ0) is 5.98. The Bertz CT molecular complexity index is 94.4. The van der Waals surface area contributed by atoms with Crippen LogP contribution in [-0.2, 0) is 0 Å². The molecule has 1 N–H and O–H groups in total. The van der Waals surface area contributed by atoms with Crippen molar-refractivity contribution in [3.8, 4) is 0 Å².